The van der Waals surface area contributed by atoms with Gasteiger partial charge in [-0.05, 0) is 104 Å². The summed E-state index contributed by atoms with van der Waals surface area (Å²) >= 11 is 0. The molecule has 4 heteroatoms. The number of ether oxygens (including phenoxy) is 1. The Balaban J connectivity index is 1.02. The van der Waals surface area contributed by atoms with E-state index in [-0.39, 0.29) is 12.0 Å². The highest BCUT2D eigenvalue weighted by atomic mass is 16.5. The lowest BCUT2D eigenvalue weighted by atomic mass is 9.72. The summed E-state index contributed by atoms with van der Waals surface area (Å²) in [5.41, 5.74) is 9.35. The Labute approximate surface area is 331 Å². The molecule has 2 heterocycles. The minimum Gasteiger partial charge on any atom is -0.485 e. The summed E-state index contributed by atoms with van der Waals surface area (Å²) in [6.07, 6.45) is 15.9. The van der Waals surface area contributed by atoms with Crippen molar-refractivity contribution in [2.45, 2.75) is 30.8 Å². The van der Waals surface area contributed by atoms with Crippen LogP contribution in [0.1, 0.15) is 52.8 Å². The zero-order valence-electron chi connectivity index (χ0n) is 31.2. The minimum atomic E-state index is 0.0131. The number of hydrogen-bond donors (Lipinski definition) is 0. The molecule has 0 bridgehead atoms. The normalized spacial score (nSPS) is 20.4. The van der Waals surface area contributed by atoms with Crippen LogP contribution in [-0.2, 0) is 0 Å². The SMILES string of the molecule is C1=CC2Oc3ccccc3C2C(c2ccc3cc(-c4nc(C5=CC6CCC=CC6c6ccccc65)nc(-c5cc6ccccc6c6ccccc56)n4)ccc3c2)=C1. The van der Waals surface area contributed by atoms with Crippen molar-refractivity contribution in [3.8, 4) is 28.5 Å². The molecule has 0 saturated heterocycles. The number of fused-ring (bicyclic) bond motifs is 10. The molecule has 7 aromatic carbocycles. The van der Waals surface area contributed by atoms with Gasteiger partial charge in [-0.3, -0.25) is 0 Å². The summed E-state index contributed by atoms with van der Waals surface area (Å²) in [5.74, 6) is 3.99. The van der Waals surface area contributed by atoms with E-state index in [4.69, 9.17) is 19.7 Å². The van der Waals surface area contributed by atoms with Crippen molar-refractivity contribution in [3.63, 3.8) is 0 Å². The summed E-state index contributed by atoms with van der Waals surface area (Å²) in [5, 5.41) is 7.02. The third kappa shape index (κ3) is 5.24. The molecule has 0 saturated carbocycles. The van der Waals surface area contributed by atoms with Gasteiger partial charge in [0.2, 0.25) is 0 Å². The summed E-state index contributed by atoms with van der Waals surface area (Å²) in [7, 11) is 0. The van der Waals surface area contributed by atoms with Gasteiger partial charge in [-0.15, -0.1) is 0 Å². The molecular weight excluding hydrogens is 695 g/mol. The van der Waals surface area contributed by atoms with E-state index in [1.54, 1.807) is 0 Å². The van der Waals surface area contributed by atoms with Crippen molar-refractivity contribution in [1.82, 2.24) is 15.0 Å². The number of rotatable bonds is 4. The fraction of sp³-hybridized carbons (Fsp3) is 0.113. The molecule has 3 aliphatic carbocycles. The first-order valence-corrected chi connectivity index (χ1v) is 20.1. The highest BCUT2D eigenvalue weighted by Crippen LogP contribution is 2.49. The molecule has 0 spiro atoms. The van der Waals surface area contributed by atoms with E-state index in [2.05, 4.69) is 170 Å². The van der Waals surface area contributed by atoms with Gasteiger partial charge < -0.3 is 4.74 Å². The van der Waals surface area contributed by atoms with E-state index in [1.165, 1.54) is 44.0 Å². The number of hydrogen-bond acceptors (Lipinski definition) is 4. The van der Waals surface area contributed by atoms with Crippen molar-refractivity contribution in [2.75, 3.05) is 0 Å². The van der Waals surface area contributed by atoms with Crippen LogP contribution in [0, 0.1) is 5.92 Å². The number of nitrogens with zero attached hydrogens (tertiary/aromatic N) is 3. The second kappa shape index (κ2) is 12.8. The lowest BCUT2D eigenvalue weighted by molar-refractivity contribution is 0.271. The topological polar surface area (TPSA) is 47.9 Å². The van der Waals surface area contributed by atoms with Crippen LogP contribution in [0.2, 0.25) is 0 Å². The molecular formula is C53H37N3O. The molecule has 4 unspecified atom stereocenters. The number of aromatic nitrogens is 3. The molecule has 4 atom stereocenters. The predicted molar refractivity (Wildman–Crippen MR) is 232 cm³/mol. The molecule has 57 heavy (non-hydrogen) atoms. The lowest BCUT2D eigenvalue weighted by Gasteiger charge is -2.32. The first-order chi connectivity index (χ1) is 28.2. The molecule has 8 aromatic rings. The number of para-hydroxylation sites is 1. The highest BCUT2D eigenvalue weighted by Gasteiger charge is 2.37. The predicted octanol–water partition coefficient (Wildman–Crippen LogP) is 12.7. The van der Waals surface area contributed by atoms with Crippen LogP contribution in [0.5, 0.6) is 5.75 Å². The van der Waals surface area contributed by atoms with Crippen molar-refractivity contribution >= 4 is 43.5 Å². The Morgan fingerprint density at radius 2 is 1.26 bits per heavy atom. The van der Waals surface area contributed by atoms with Crippen LogP contribution in [0.15, 0.2) is 176 Å². The molecule has 4 aliphatic rings. The summed E-state index contributed by atoms with van der Waals surface area (Å²) in [4.78, 5) is 16.1. The van der Waals surface area contributed by atoms with Gasteiger partial charge in [0.05, 0.1) is 5.92 Å². The number of allylic oxidation sites excluding steroid dienone is 5. The Morgan fingerprint density at radius 1 is 0.544 bits per heavy atom. The molecule has 12 rings (SSSR count). The van der Waals surface area contributed by atoms with Gasteiger partial charge in [0, 0.05) is 28.2 Å². The molecule has 0 fully saturated rings. The first kappa shape index (κ1) is 32.3. The van der Waals surface area contributed by atoms with Crippen LogP contribution < -0.4 is 4.74 Å². The Morgan fingerprint density at radius 3 is 2.18 bits per heavy atom. The van der Waals surface area contributed by atoms with Crippen LogP contribution in [0.3, 0.4) is 0 Å². The van der Waals surface area contributed by atoms with E-state index < -0.39 is 0 Å². The quantitative estimate of drug-likeness (QED) is 0.134. The first-order valence-electron chi connectivity index (χ1n) is 20.1. The Hall–Kier alpha value is -6.91. The van der Waals surface area contributed by atoms with Gasteiger partial charge in [0.25, 0.3) is 0 Å². The van der Waals surface area contributed by atoms with Crippen LogP contribution >= 0.6 is 0 Å². The fourth-order valence-corrected chi connectivity index (χ4v) is 9.84. The van der Waals surface area contributed by atoms with E-state index in [0.29, 0.717) is 29.3 Å². The Kier molecular flexibility index (Phi) is 7.28. The third-order valence-corrected chi connectivity index (χ3v) is 12.5. The minimum absolute atomic E-state index is 0.0131. The largest absolute Gasteiger partial charge is 0.485 e. The number of benzene rings is 7. The van der Waals surface area contributed by atoms with Gasteiger partial charge in [-0.1, -0.05) is 146 Å². The van der Waals surface area contributed by atoms with Crippen molar-refractivity contribution in [2.24, 2.45) is 5.92 Å². The van der Waals surface area contributed by atoms with Gasteiger partial charge in [0.1, 0.15) is 11.9 Å². The maximum atomic E-state index is 6.35. The average Bonchev–Trinajstić information content (AvgIpc) is 3.67. The lowest BCUT2D eigenvalue weighted by Crippen LogP contribution is -2.19. The van der Waals surface area contributed by atoms with Crippen molar-refractivity contribution < 1.29 is 4.74 Å². The smallest absolute Gasteiger partial charge is 0.164 e. The fourth-order valence-electron chi connectivity index (χ4n) is 9.84. The summed E-state index contributed by atoms with van der Waals surface area (Å²) in [6, 6.07) is 50.1. The molecule has 4 nitrogen and oxygen atoms in total. The van der Waals surface area contributed by atoms with E-state index in [9.17, 15) is 0 Å². The highest BCUT2D eigenvalue weighted by molar-refractivity contribution is 6.13. The maximum absolute atomic E-state index is 6.35. The Bertz CT molecular complexity index is 3100. The van der Waals surface area contributed by atoms with Crippen LogP contribution in [-0.4, -0.2) is 21.1 Å². The monoisotopic (exact) mass is 731 g/mol. The van der Waals surface area contributed by atoms with Gasteiger partial charge >= 0.3 is 0 Å². The second-order valence-corrected chi connectivity index (χ2v) is 15.7. The van der Waals surface area contributed by atoms with E-state index in [0.717, 1.165) is 51.4 Å². The summed E-state index contributed by atoms with van der Waals surface area (Å²) < 4.78 is 6.35. The van der Waals surface area contributed by atoms with Gasteiger partial charge in [-0.2, -0.15) is 0 Å². The zero-order valence-corrected chi connectivity index (χ0v) is 31.2. The maximum Gasteiger partial charge on any atom is 0.164 e. The molecule has 0 radical (unpaired) electrons. The standard InChI is InChI=1S/C53H37N3O/c1-3-14-38-34(12-1)30-46(43-18-7-5-16-41(38)43)52-54-51(55-53(56-52)47-31-35-13-2-4-15-39(35)42-17-6-8-19-44(42)47)37-27-25-32-28-36(26-24-33(32)29-37)40-21-11-23-49-50(40)45-20-9-10-22-48(45)57-49/h1,3-12,14-31,35,39,49-50H,2,13H2. The van der Waals surface area contributed by atoms with Crippen LogP contribution in [0.25, 0.3) is 66.2 Å². The average molecular weight is 732 g/mol. The van der Waals surface area contributed by atoms with Gasteiger partial charge in [0.15, 0.2) is 17.5 Å². The van der Waals surface area contributed by atoms with Crippen molar-refractivity contribution in [3.05, 3.63) is 204 Å². The van der Waals surface area contributed by atoms with Crippen molar-refractivity contribution in [1.29, 1.82) is 0 Å². The zero-order chi connectivity index (χ0) is 37.5. The second-order valence-electron chi connectivity index (χ2n) is 15.7. The molecule has 0 amide bonds. The van der Waals surface area contributed by atoms with E-state index in [1.807, 2.05) is 6.07 Å². The molecule has 270 valence electrons. The summed E-state index contributed by atoms with van der Waals surface area (Å²) in [6.45, 7) is 0. The molecule has 1 aliphatic heterocycles. The van der Waals surface area contributed by atoms with Gasteiger partial charge in [-0.25, -0.2) is 15.0 Å². The molecule has 0 N–H and O–H groups in total. The van der Waals surface area contributed by atoms with E-state index >= 15 is 0 Å². The van der Waals surface area contributed by atoms with Crippen LogP contribution in [0.4, 0.5) is 0 Å². The molecule has 1 aromatic heterocycles. The third-order valence-electron chi connectivity index (χ3n) is 12.5.